The predicted molar refractivity (Wildman–Crippen MR) is 75.8 cm³/mol. The number of pyridine rings is 1. The maximum atomic E-state index is 9.56. The van der Waals surface area contributed by atoms with Gasteiger partial charge in [-0.15, -0.1) is 0 Å². The lowest BCUT2D eigenvalue weighted by Gasteiger charge is -2.33. The quantitative estimate of drug-likeness (QED) is 0.719. The van der Waals surface area contributed by atoms with E-state index in [2.05, 4.69) is 16.8 Å². The van der Waals surface area contributed by atoms with Crippen molar-refractivity contribution in [2.75, 3.05) is 26.9 Å². The second-order valence-corrected chi connectivity index (χ2v) is 4.70. The van der Waals surface area contributed by atoms with Crippen LogP contribution in [0.4, 0.5) is 0 Å². The molecule has 0 aliphatic carbocycles. The van der Waals surface area contributed by atoms with E-state index in [1.165, 1.54) is 0 Å². The number of likely N-dealkylation sites (N-methyl/N-ethyl adjacent to an activating group) is 1. The van der Waals surface area contributed by atoms with Gasteiger partial charge in [-0.1, -0.05) is 13.0 Å². The molecule has 1 aromatic heterocycles. The molecule has 2 unspecified atom stereocenters. The molecule has 0 amide bonds. The number of hydrogen-bond donors (Lipinski definition) is 2. The van der Waals surface area contributed by atoms with E-state index < -0.39 is 0 Å². The largest absolute Gasteiger partial charge is 0.395 e. The standard InChI is InChI=1S/C14H25N3O2/c1-4-17(14(9-18)13(15)10-19-3)8-12-7-5-6-11(2)16-12/h5-7,13-14,18H,4,8-10,15H2,1-3H3. The Kier molecular flexibility index (Phi) is 6.94. The van der Waals surface area contributed by atoms with Crippen molar-refractivity contribution < 1.29 is 9.84 Å². The minimum atomic E-state index is -0.209. The highest BCUT2D eigenvalue weighted by Crippen LogP contribution is 2.09. The minimum absolute atomic E-state index is 0.0180. The van der Waals surface area contributed by atoms with Gasteiger partial charge in [0.1, 0.15) is 0 Å². The predicted octanol–water partition coefficient (Wildman–Crippen LogP) is 0.547. The van der Waals surface area contributed by atoms with Crippen LogP contribution in [-0.2, 0) is 11.3 Å². The SMILES string of the molecule is CCN(Cc1cccc(C)n1)C(CO)C(N)COC. The van der Waals surface area contributed by atoms with E-state index in [0.717, 1.165) is 17.9 Å². The number of aromatic nitrogens is 1. The van der Waals surface area contributed by atoms with Gasteiger partial charge in [0.25, 0.3) is 0 Å². The topological polar surface area (TPSA) is 71.6 Å². The van der Waals surface area contributed by atoms with Crippen LogP contribution in [0.25, 0.3) is 0 Å². The van der Waals surface area contributed by atoms with Gasteiger partial charge in [0, 0.05) is 25.4 Å². The van der Waals surface area contributed by atoms with E-state index in [1.54, 1.807) is 7.11 Å². The Balaban J connectivity index is 2.75. The van der Waals surface area contributed by atoms with E-state index >= 15 is 0 Å². The summed E-state index contributed by atoms with van der Waals surface area (Å²) in [6.45, 7) is 5.96. The van der Waals surface area contributed by atoms with E-state index in [1.807, 2.05) is 25.1 Å². The Hall–Kier alpha value is -1.01. The summed E-state index contributed by atoms with van der Waals surface area (Å²) in [6, 6.07) is 5.63. The molecule has 108 valence electrons. The van der Waals surface area contributed by atoms with Crippen LogP contribution in [0.5, 0.6) is 0 Å². The number of aryl methyl sites for hydroxylation is 1. The number of ether oxygens (including phenoxy) is 1. The maximum Gasteiger partial charge on any atom is 0.0629 e. The average Bonchev–Trinajstić information content (AvgIpc) is 2.38. The molecule has 1 heterocycles. The van der Waals surface area contributed by atoms with Crippen molar-refractivity contribution in [3.05, 3.63) is 29.6 Å². The lowest BCUT2D eigenvalue weighted by Crippen LogP contribution is -2.51. The van der Waals surface area contributed by atoms with Gasteiger partial charge in [0.05, 0.1) is 24.9 Å². The van der Waals surface area contributed by atoms with Gasteiger partial charge in [-0.05, 0) is 25.6 Å². The van der Waals surface area contributed by atoms with Crippen LogP contribution in [0.15, 0.2) is 18.2 Å². The zero-order valence-corrected chi connectivity index (χ0v) is 12.0. The van der Waals surface area contributed by atoms with Gasteiger partial charge in [-0.25, -0.2) is 0 Å². The zero-order valence-electron chi connectivity index (χ0n) is 12.0. The second kappa shape index (κ2) is 8.22. The highest BCUT2D eigenvalue weighted by atomic mass is 16.5. The fourth-order valence-corrected chi connectivity index (χ4v) is 2.18. The van der Waals surface area contributed by atoms with Crippen molar-refractivity contribution in [2.24, 2.45) is 5.73 Å². The summed E-state index contributed by atoms with van der Waals surface area (Å²) in [6.07, 6.45) is 0. The Morgan fingerprint density at radius 2 is 2.21 bits per heavy atom. The van der Waals surface area contributed by atoms with Crippen molar-refractivity contribution in [1.82, 2.24) is 9.88 Å². The Morgan fingerprint density at radius 3 is 2.74 bits per heavy atom. The molecule has 3 N–H and O–H groups in total. The third-order valence-electron chi connectivity index (χ3n) is 3.23. The van der Waals surface area contributed by atoms with Crippen LogP contribution < -0.4 is 5.73 Å². The van der Waals surface area contributed by atoms with Crippen LogP contribution in [0.3, 0.4) is 0 Å². The number of rotatable bonds is 8. The van der Waals surface area contributed by atoms with Crippen molar-refractivity contribution in [3.8, 4) is 0 Å². The lowest BCUT2D eigenvalue weighted by molar-refractivity contribution is 0.0683. The first-order valence-electron chi connectivity index (χ1n) is 6.64. The summed E-state index contributed by atoms with van der Waals surface area (Å²) in [7, 11) is 1.62. The number of aliphatic hydroxyl groups excluding tert-OH is 1. The van der Waals surface area contributed by atoms with Gasteiger partial charge >= 0.3 is 0 Å². The first-order valence-corrected chi connectivity index (χ1v) is 6.64. The number of nitrogens with zero attached hydrogens (tertiary/aromatic N) is 2. The molecule has 0 fully saturated rings. The Bertz CT molecular complexity index is 373. The minimum Gasteiger partial charge on any atom is -0.395 e. The van der Waals surface area contributed by atoms with Crippen molar-refractivity contribution in [2.45, 2.75) is 32.5 Å². The van der Waals surface area contributed by atoms with Gasteiger partial charge < -0.3 is 15.6 Å². The number of nitrogens with two attached hydrogens (primary N) is 1. The average molecular weight is 267 g/mol. The first-order chi connectivity index (χ1) is 9.12. The van der Waals surface area contributed by atoms with E-state index in [-0.39, 0.29) is 18.7 Å². The zero-order chi connectivity index (χ0) is 14.3. The Morgan fingerprint density at radius 1 is 1.47 bits per heavy atom. The van der Waals surface area contributed by atoms with Crippen LogP contribution in [0.1, 0.15) is 18.3 Å². The van der Waals surface area contributed by atoms with Crippen LogP contribution >= 0.6 is 0 Å². The number of methoxy groups -OCH3 is 1. The Labute approximate surface area is 115 Å². The van der Waals surface area contributed by atoms with Gasteiger partial charge in [0.15, 0.2) is 0 Å². The second-order valence-electron chi connectivity index (χ2n) is 4.70. The molecule has 5 heteroatoms. The summed E-state index contributed by atoms with van der Waals surface area (Å²) >= 11 is 0. The molecule has 0 aromatic carbocycles. The maximum absolute atomic E-state index is 9.56. The lowest BCUT2D eigenvalue weighted by atomic mass is 10.1. The highest BCUT2D eigenvalue weighted by Gasteiger charge is 2.23. The molecular weight excluding hydrogens is 242 g/mol. The molecule has 2 atom stereocenters. The summed E-state index contributed by atoms with van der Waals surface area (Å²) in [5, 5.41) is 9.56. The third kappa shape index (κ3) is 4.87. The summed E-state index contributed by atoms with van der Waals surface area (Å²) in [5.74, 6) is 0. The van der Waals surface area contributed by atoms with Crippen molar-refractivity contribution in [1.29, 1.82) is 0 Å². The summed E-state index contributed by atoms with van der Waals surface area (Å²) < 4.78 is 5.07. The molecule has 19 heavy (non-hydrogen) atoms. The molecule has 1 rings (SSSR count). The number of aliphatic hydroxyl groups is 1. The molecule has 0 bridgehead atoms. The molecule has 0 spiro atoms. The van der Waals surface area contributed by atoms with Crippen LogP contribution in [0.2, 0.25) is 0 Å². The summed E-state index contributed by atoms with van der Waals surface area (Å²) in [4.78, 5) is 6.62. The monoisotopic (exact) mass is 267 g/mol. The molecule has 0 radical (unpaired) electrons. The van der Waals surface area contributed by atoms with E-state index in [0.29, 0.717) is 13.2 Å². The van der Waals surface area contributed by atoms with Gasteiger partial charge in [-0.3, -0.25) is 9.88 Å². The molecule has 1 aromatic rings. The highest BCUT2D eigenvalue weighted by molar-refractivity contribution is 5.10. The fourth-order valence-electron chi connectivity index (χ4n) is 2.18. The van der Waals surface area contributed by atoms with Gasteiger partial charge in [-0.2, -0.15) is 0 Å². The van der Waals surface area contributed by atoms with Crippen LogP contribution in [0, 0.1) is 6.92 Å². The fraction of sp³-hybridized carbons (Fsp3) is 0.643. The molecule has 0 aliphatic heterocycles. The van der Waals surface area contributed by atoms with E-state index in [4.69, 9.17) is 10.5 Å². The molecule has 0 saturated carbocycles. The van der Waals surface area contributed by atoms with E-state index in [9.17, 15) is 5.11 Å². The third-order valence-corrected chi connectivity index (χ3v) is 3.23. The molecular formula is C14H25N3O2. The first kappa shape index (κ1) is 16.0. The molecule has 0 saturated heterocycles. The number of hydrogen-bond acceptors (Lipinski definition) is 5. The van der Waals surface area contributed by atoms with Gasteiger partial charge in [0.2, 0.25) is 0 Å². The van der Waals surface area contributed by atoms with Crippen LogP contribution in [-0.4, -0.2) is 53.9 Å². The summed E-state index contributed by atoms with van der Waals surface area (Å²) in [5.41, 5.74) is 8.04. The smallest absolute Gasteiger partial charge is 0.0629 e. The van der Waals surface area contributed by atoms with Crippen molar-refractivity contribution >= 4 is 0 Å². The molecule has 5 nitrogen and oxygen atoms in total. The normalized spacial score (nSPS) is 14.6. The molecule has 0 aliphatic rings. The van der Waals surface area contributed by atoms with Crippen molar-refractivity contribution in [3.63, 3.8) is 0 Å².